The van der Waals surface area contributed by atoms with Gasteiger partial charge in [0.25, 0.3) is 5.91 Å². The van der Waals surface area contributed by atoms with Crippen molar-refractivity contribution in [3.05, 3.63) is 33.8 Å². The number of hydrogen-bond donors (Lipinski definition) is 0. The lowest BCUT2D eigenvalue weighted by atomic mass is 10.1. The number of halogens is 2. The second-order valence-electron chi connectivity index (χ2n) is 3.98. The molecule has 0 N–H and O–H groups in total. The molecule has 0 aromatic heterocycles. The number of carbonyl (C=O) groups is 1. The molecule has 1 fully saturated rings. The highest BCUT2D eigenvalue weighted by molar-refractivity contribution is 6.35. The zero-order valence-electron chi connectivity index (χ0n) is 8.88. The van der Waals surface area contributed by atoms with Gasteiger partial charge in [-0.25, -0.2) is 0 Å². The molecule has 1 amide bonds. The van der Waals surface area contributed by atoms with Gasteiger partial charge in [0.2, 0.25) is 0 Å². The summed E-state index contributed by atoms with van der Waals surface area (Å²) in [7, 11) is 0. The van der Waals surface area contributed by atoms with Crippen LogP contribution in [0, 0.1) is 0 Å². The Balaban J connectivity index is 2.22. The number of rotatable bonds is 1. The molecule has 86 valence electrons. The Hall–Kier alpha value is -0.730. The first-order valence-electron chi connectivity index (χ1n) is 5.43. The molecule has 0 unspecified atom stereocenters. The zero-order valence-corrected chi connectivity index (χ0v) is 10.4. The van der Waals surface area contributed by atoms with Gasteiger partial charge in [-0.15, -0.1) is 0 Å². The first kappa shape index (κ1) is 11.7. The van der Waals surface area contributed by atoms with Crippen LogP contribution in [-0.2, 0) is 0 Å². The second-order valence-corrected chi connectivity index (χ2v) is 4.82. The molecule has 0 radical (unpaired) electrons. The Kier molecular flexibility index (Phi) is 3.72. The quantitative estimate of drug-likeness (QED) is 0.753. The van der Waals surface area contributed by atoms with E-state index in [2.05, 4.69) is 0 Å². The minimum atomic E-state index is -0.00722. The molecule has 0 atom stereocenters. The van der Waals surface area contributed by atoms with Crippen LogP contribution >= 0.6 is 23.2 Å². The highest BCUT2D eigenvalue weighted by Crippen LogP contribution is 2.23. The Morgan fingerprint density at radius 3 is 2.50 bits per heavy atom. The minimum Gasteiger partial charge on any atom is -0.339 e. The average molecular weight is 258 g/mol. The maximum Gasteiger partial charge on any atom is 0.255 e. The number of benzene rings is 1. The molecule has 4 heteroatoms. The van der Waals surface area contributed by atoms with E-state index in [0.717, 1.165) is 25.9 Å². The highest BCUT2D eigenvalue weighted by Gasteiger charge is 2.20. The summed E-state index contributed by atoms with van der Waals surface area (Å²) >= 11 is 11.9. The number of likely N-dealkylation sites (tertiary alicyclic amines) is 1. The minimum absolute atomic E-state index is 0.00722. The molecular weight excluding hydrogens is 245 g/mol. The van der Waals surface area contributed by atoms with Gasteiger partial charge >= 0.3 is 0 Å². The second kappa shape index (κ2) is 5.07. The van der Waals surface area contributed by atoms with Crippen molar-refractivity contribution in [2.75, 3.05) is 13.1 Å². The normalized spacial score (nSPS) is 16.2. The topological polar surface area (TPSA) is 20.3 Å². The van der Waals surface area contributed by atoms with Gasteiger partial charge in [-0.1, -0.05) is 23.2 Å². The number of carbonyl (C=O) groups excluding carboxylic acids is 1. The first-order chi connectivity index (χ1) is 7.68. The Morgan fingerprint density at radius 1 is 1.12 bits per heavy atom. The lowest BCUT2D eigenvalue weighted by Gasteiger charge is -2.27. The van der Waals surface area contributed by atoms with E-state index in [1.807, 2.05) is 4.90 Å². The molecule has 0 aliphatic carbocycles. The summed E-state index contributed by atoms with van der Waals surface area (Å²) < 4.78 is 0. The molecule has 1 aliphatic rings. The maximum absolute atomic E-state index is 12.2. The van der Waals surface area contributed by atoms with Crippen molar-refractivity contribution in [2.45, 2.75) is 19.3 Å². The van der Waals surface area contributed by atoms with Gasteiger partial charge in [0.15, 0.2) is 0 Å². The summed E-state index contributed by atoms with van der Waals surface area (Å²) in [6, 6.07) is 5.00. The molecule has 2 nitrogen and oxygen atoms in total. The summed E-state index contributed by atoms with van der Waals surface area (Å²) in [6.07, 6.45) is 3.35. The highest BCUT2D eigenvalue weighted by atomic mass is 35.5. The Labute approximate surface area is 105 Å². The van der Waals surface area contributed by atoms with Crippen molar-refractivity contribution in [3.8, 4) is 0 Å². The molecule has 1 saturated heterocycles. The van der Waals surface area contributed by atoms with Crippen LogP contribution in [0.3, 0.4) is 0 Å². The summed E-state index contributed by atoms with van der Waals surface area (Å²) in [5.74, 6) is -0.00722. The molecule has 0 saturated carbocycles. The molecule has 0 spiro atoms. The fraction of sp³-hybridized carbons (Fsp3) is 0.417. The van der Waals surface area contributed by atoms with Crippen molar-refractivity contribution < 1.29 is 4.79 Å². The summed E-state index contributed by atoms with van der Waals surface area (Å²) in [5, 5.41) is 1.02. The van der Waals surface area contributed by atoms with E-state index in [9.17, 15) is 4.79 Å². The monoisotopic (exact) mass is 257 g/mol. The van der Waals surface area contributed by atoms with Gasteiger partial charge in [-0.3, -0.25) is 4.79 Å². The molecule has 1 aromatic carbocycles. The van der Waals surface area contributed by atoms with Gasteiger partial charge in [0, 0.05) is 18.1 Å². The maximum atomic E-state index is 12.2. The van der Waals surface area contributed by atoms with Crippen LogP contribution in [0.25, 0.3) is 0 Å². The number of amides is 1. The predicted molar refractivity (Wildman–Crippen MR) is 66.2 cm³/mol. The van der Waals surface area contributed by atoms with Gasteiger partial charge in [-0.2, -0.15) is 0 Å². The zero-order chi connectivity index (χ0) is 11.5. The van der Waals surface area contributed by atoms with Crippen molar-refractivity contribution >= 4 is 29.1 Å². The van der Waals surface area contributed by atoms with Crippen LogP contribution in [0.5, 0.6) is 0 Å². The fourth-order valence-corrected chi connectivity index (χ4v) is 2.30. The third kappa shape index (κ3) is 2.50. The molecule has 16 heavy (non-hydrogen) atoms. The standard InChI is InChI=1S/C12H13Cl2NO/c13-9-4-5-11(14)10(8-9)12(16)15-6-2-1-3-7-15/h4-5,8H,1-3,6-7H2. The van der Waals surface area contributed by atoms with Gasteiger partial charge in [-0.05, 0) is 37.5 Å². The Bertz CT molecular complexity index is 400. The smallest absolute Gasteiger partial charge is 0.255 e. The molecule has 1 aromatic rings. The molecule has 1 aliphatic heterocycles. The molecule has 2 rings (SSSR count). The molecular formula is C12H13Cl2NO. The summed E-state index contributed by atoms with van der Waals surface area (Å²) in [5.41, 5.74) is 0.510. The van der Waals surface area contributed by atoms with Crippen LogP contribution in [0.15, 0.2) is 18.2 Å². The lowest BCUT2D eigenvalue weighted by molar-refractivity contribution is 0.0724. The van der Waals surface area contributed by atoms with E-state index < -0.39 is 0 Å². The Morgan fingerprint density at radius 2 is 1.81 bits per heavy atom. The van der Waals surface area contributed by atoms with Crippen LogP contribution in [0.2, 0.25) is 10.0 Å². The van der Waals surface area contributed by atoms with E-state index in [1.165, 1.54) is 6.42 Å². The molecule has 0 bridgehead atoms. The predicted octanol–water partition coefficient (Wildman–Crippen LogP) is 3.62. The van der Waals surface area contributed by atoms with E-state index in [0.29, 0.717) is 15.6 Å². The first-order valence-corrected chi connectivity index (χ1v) is 6.18. The largest absolute Gasteiger partial charge is 0.339 e. The van der Waals surface area contributed by atoms with Gasteiger partial charge < -0.3 is 4.90 Å². The summed E-state index contributed by atoms with van der Waals surface area (Å²) in [4.78, 5) is 14.0. The number of nitrogens with zero attached hydrogens (tertiary/aromatic N) is 1. The van der Waals surface area contributed by atoms with Crippen molar-refractivity contribution in [3.63, 3.8) is 0 Å². The van der Waals surface area contributed by atoms with Crippen LogP contribution in [0.1, 0.15) is 29.6 Å². The van der Waals surface area contributed by atoms with E-state index >= 15 is 0 Å². The fourth-order valence-electron chi connectivity index (χ4n) is 1.93. The average Bonchev–Trinajstić information content (AvgIpc) is 2.32. The van der Waals surface area contributed by atoms with E-state index in [4.69, 9.17) is 23.2 Å². The third-order valence-electron chi connectivity index (χ3n) is 2.80. The van der Waals surface area contributed by atoms with Crippen molar-refractivity contribution in [1.29, 1.82) is 0 Å². The van der Waals surface area contributed by atoms with Crippen LogP contribution < -0.4 is 0 Å². The van der Waals surface area contributed by atoms with Crippen LogP contribution in [-0.4, -0.2) is 23.9 Å². The third-order valence-corrected chi connectivity index (χ3v) is 3.37. The number of piperidine rings is 1. The SMILES string of the molecule is O=C(c1cc(Cl)ccc1Cl)N1CCCCC1. The van der Waals surface area contributed by atoms with Crippen LogP contribution in [0.4, 0.5) is 0 Å². The van der Waals surface area contributed by atoms with E-state index in [1.54, 1.807) is 18.2 Å². The number of hydrogen-bond acceptors (Lipinski definition) is 1. The van der Waals surface area contributed by atoms with Gasteiger partial charge in [0.1, 0.15) is 0 Å². The van der Waals surface area contributed by atoms with Gasteiger partial charge in [0.05, 0.1) is 10.6 Å². The van der Waals surface area contributed by atoms with Crippen molar-refractivity contribution in [1.82, 2.24) is 4.90 Å². The van der Waals surface area contributed by atoms with Crippen molar-refractivity contribution in [2.24, 2.45) is 0 Å². The van der Waals surface area contributed by atoms with E-state index in [-0.39, 0.29) is 5.91 Å². The lowest BCUT2D eigenvalue weighted by Crippen LogP contribution is -2.35. The summed E-state index contributed by atoms with van der Waals surface area (Å²) in [6.45, 7) is 1.64. The molecule has 1 heterocycles.